The van der Waals surface area contributed by atoms with E-state index in [2.05, 4.69) is 5.32 Å². The summed E-state index contributed by atoms with van der Waals surface area (Å²) < 4.78 is 29.7. The minimum atomic E-state index is -0.657. The van der Waals surface area contributed by atoms with Gasteiger partial charge in [0.1, 0.15) is 10.7 Å². The third kappa shape index (κ3) is 4.44. The summed E-state index contributed by atoms with van der Waals surface area (Å²) in [7, 11) is 3.07. The van der Waals surface area contributed by atoms with Crippen LogP contribution in [0.5, 0.6) is 11.5 Å². The lowest BCUT2D eigenvalue weighted by Gasteiger charge is -2.08. The maximum Gasteiger partial charge on any atom is 0.350 e. The fourth-order valence-corrected chi connectivity index (χ4v) is 3.80. The Kier molecular flexibility index (Phi) is 6.68. The number of hydrogen-bond donors (Lipinski definition) is 1. The molecule has 0 spiro atoms. The molecule has 2 aromatic carbocycles. The van der Waals surface area contributed by atoms with Crippen molar-refractivity contribution in [3.05, 3.63) is 64.8 Å². The van der Waals surface area contributed by atoms with Crippen LogP contribution in [0.1, 0.15) is 27.0 Å². The lowest BCUT2D eigenvalue weighted by Crippen LogP contribution is -2.15. The van der Waals surface area contributed by atoms with Gasteiger partial charge in [0, 0.05) is 4.88 Å². The van der Waals surface area contributed by atoms with Crippen LogP contribution < -0.4 is 14.8 Å². The summed E-state index contributed by atoms with van der Waals surface area (Å²) in [6, 6.07) is 12.6. The first-order valence-corrected chi connectivity index (χ1v) is 9.89. The summed E-state index contributed by atoms with van der Waals surface area (Å²) in [5.74, 6) is -0.786. The Labute approximate surface area is 177 Å². The smallest absolute Gasteiger partial charge is 0.350 e. The van der Waals surface area contributed by atoms with Crippen molar-refractivity contribution in [1.29, 1.82) is 0 Å². The predicted octanol–water partition coefficient (Wildman–Crippen LogP) is 5.00. The molecule has 1 N–H and O–H groups in total. The summed E-state index contributed by atoms with van der Waals surface area (Å²) >= 11 is 1.16. The maximum atomic E-state index is 14.0. The number of rotatable bonds is 7. The molecule has 30 heavy (non-hydrogen) atoms. The van der Waals surface area contributed by atoms with E-state index < -0.39 is 17.7 Å². The Morgan fingerprint density at radius 2 is 1.77 bits per heavy atom. The van der Waals surface area contributed by atoms with Crippen LogP contribution in [0.4, 0.5) is 10.1 Å². The number of hydrogen-bond acceptors (Lipinski definition) is 6. The summed E-state index contributed by atoms with van der Waals surface area (Å²) in [5.41, 5.74) is 0.886. The van der Waals surface area contributed by atoms with E-state index in [0.29, 0.717) is 16.4 Å². The number of nitrogens with one attached hydrogen (secondary N) is 1. The number of benzene rings is 2. The summed E-state index contributed by atoms with van der Waals surface area (Å²) in [5, 5.41) is 2.62. The predicted molar refractivity (Wildman–Crippen MR) is 113 cm³/mol. The van der Waals surface area contributed by atoms with Gasteiger partial charge in [0.05, 0.1) is 32.1 Å². The zero-order chi connectivity index (χ0) is 21.7. The molecule has 1 amide bonds. The van der Waals surface area contributed by atoms with E-state index in [0.717, 1.165) is 16.9 Å². The van der Waals surface area contributed by atoms with E-state index >= 15 is 0 Å². The number of methoxy groups -OCH3 is 2. The molecule has 0 saturated heterocycles. The standard InChI is InChI=1S/C22H20FNO5S/c1-4-29-22(26)20-16(24-21(25)14-7-5-6-8-15(14)23)12-19(30-20)13-9-10-17(27-2)18(11-13)28-3/h5-12H,4H2,1-3H3,(H,24,25). The largest absolute Gasteiger partial charge is 0.493 e. The van der Waals surface area contributed by atoms with Gasteiger partial charge in [-0.2, -0.15) is 0 Å². The van der Waals surface area contributed by atoms with E-state index in [4.69, 9.17) is 14.2 Å². The number of anilines is 1. The van der Waals surface area contributed by atoms with Gasteiger partial charge in [0.2, 0.25) is 0 Å². The first-order chi connectivity index (χ1) is 14.5. The molecule has 0 atom stereocenters. The van der Waals surface area contributed by atoms with E-state index in [1.54, 1.807) is 31.2 Å². The highest BCUT2D eigenvalue weighted by molar-refractivity contribution is 7.18. The molecule has 3 aromatic rings. The van der Waals surface area contributed by atoms with E-state index in [1.807, 2.05) is 6.07 Å². The van der Waals surface area contributed by atoms with Crippen LogP contribution >= 0.6 is 11.3 Å². The van der Waals surface area contributed by atoms with E-state index in [9.17, 15) is 14.0 Å². The van der Waals surface area contributed by atoms with Crippen LogP contribution in [0, 0.1) is 5.82 Å². The number of carbonyl (C=O) groups excluding carboxylic acids is 2. The minimum Gasteiger partial charge on any atom is -0.493 e. The Morgan fingerprint density at radius 3 is 2.43 bits per heavy atom. The molecule has 3 rings (SSSR count). The van der Waals surface area contributed by atoms with Gasteiger partial charge in [0.15, 0.2) is 11.5 Å². The van der Waals surface area contributed by atoms with Gasteiger partial charge >= 0.3 is 5.97 Å². The SMILES string of the molecule is CCOC(=O)c1sc(-c2ccc(OC)c(OC)c2)cc1NC(=O)c1ccccc1F. The molecule has 6 nitrogen and oxygen atoms in total. The van der Waals surface area contributed by atoms with Crippen LogP contribution in [0.25, 0.3) is 10.4 Å². The van der Waals surface area contributed by atoms with Gasteiger partial charge in [-0.15, -0.1) is 11.3 Å². The lowest BCUT2D eigenvalue weighted by molar-refractivity contribution is 0.0533. The fourth-order valence-electron chi connectivity index (χ4n) is 2.80. The van der Waals surface area contributed by atoms with Gasteiger partial charge in [-0.3, -0.25) is 4.79 Å². The molecule has 8 heteroatoms. The number of ether oxygens (including phenoxy) is 3. The van der Waals surface area contributed by atoms with E-state index in [-0.39, 0.29) is 22.7 Å². The number of esters is 1. The van der Waals surface area contributed by atoms with E-state index in [1.165, 1.54) is 32.4 Å². The van der Waals surface area contributed by atoms with Crippen molar-refractivity contribution < 1.29 is 28.2 Å². The topological polar surface area (TPSA) is 73.9 Å². The quantitative estimate of drug-likeness (QED) is 0.535. The highest BCUT2D eigenvalue weighted by Gasteiger charge is 2.22. The molecule has 0 aliphatic heterocycles. The summed E-state index contributed by atoms with van der Waals surface area (Å²) in [6.07, 6.45) is 0. The zero-order valence-corrected chi connectivity index (χ0v) is 17.5. The Bertz CT molecular complexity index is 1080. The summed E-state index contributed by atoms with van der Waals surface area (Å²) in [6.45, 7) is 1.88. The molecular formula is C22H20FNO5S. The summed E-state index contributed by atoms with van der Waals surface area (Å²) in [4.78, 5) is 25.9. The Morgan fingerprint density at radius 1 is 1.03 bits per heavy atom. The van der Waals surface area contributed by atoms with Crippen LogP contribution in [0.15, 0.2) is 48.5 Å². The normalized spacial score (nSPS) is 10.4. The van der Waals surface area contributed by atoms with Crippen LogP contribution in [0.2, 0.25) is 0 Å². The number of halogens is 1. The Hall–Kier alpha value is -3.39. The van der Waals surface area contributed by atoms with Crippen molar-refractivity contribution >= 4 is 28.9 Å². The third-order valence-electron chi connectivity index (χ3n) is 4.23. The third-order valence-corrected chi connectivity index (χ3v) is 5.39. The van der Waals surface area contributed by atoms with Crippen LogP contribution in [-0.2, 0) is 4.74 Å². The lowest BCUT2D eigenvalue weighted by atomic mass is 10.1. The Balaban J connectivity index is 2.00. The molecule has 0 saturated carbocycles. The van der Waals surface area contributed by atoms with Crippen LogP contribution in [-0.4, -0.2) is 32.7 Å². The fraction of sp³-hybridized carbons (Fsp3) is 0.182. The van der Waals surface area contributed by atoms with Gasteiger partial charge in [-0.05, 0) is 48.9 Å². The molecular weight excluding hydrogens is 409 g/mol. The number of amides is 1. The molecule has 0 aliphatic rings. The van der Waals surface area contributed by atoms with Gasteiger partial charge in [-0.25, -0.2) is 9.18 Å². The van der Waals surface area contributed by atoms with Crippen LogP contribution in [0.3, 0.4) is 0 Å². The van der Waals surface area contributed by atoms with Crippen molar-refractivity contribution in [3.8, 4) is 21.9 Å². The minimum absolute atomic E-state index is 0.119. The highest BCUT2D eigenvalue weighted by Crippen LogP contribution is 2.39. The van der Waals surface area contributed by atoms with Crippen molar-refractivity contribution in [2.45, 2.75) is 6.92 Å². The maximum absolute atomic E-state index is 14.0. The van der Waals surface area contributed by atoms with Gasteiger partial charge in [-0.1, -0.05) is 12.1 Å². The molecule has 156 valence electrons. The molecule has 1 heterocycles. The van der Waals surface area contributed by atoms with Crippen molar-refractivity contribution in [3.63, 3.8) is 0 Å². The van der Waals surface area contributed by atoms with Crippen molar-refractivity contribution in [1.82, 2.24) is 0 Å². The second kappa shape index (κ2) is 9.41. The molecule has 0 unspecified atom stereocenters. The zero-order valence-electron chi connectivity index (χ0n) is 16.7. The molecule has 0 fully saturated rings. The molecule has 0 bridgehead atoms. The number of thiophene rings is 1. The molecule has 1 aromatic heterocycles. The average molecular weight is 429 g/mol. The highest BCUT2D eigenvalue weighted by atomic mass is 32.1. The monoisotopic (exact) mass is 429 g/mol. The average Bonchev–Trinajstić information content (AvgIpc) is 3.17. The first kappa shape index (κ1) is 21.3. The van der Waals surface area contributed by atoms with Gasteiger partial charge < -0.3 is 19.5 Å². The molecule has 0 aliphatic carbocycles. The molecule has 0 radical (unpaired) electrons. The van der Waals surface area contributed by atoms with Gasteiger partial charge in [0.25, 0.3) is 5.91 Å². The second-order valence-electron chi connectivity index (χ2n) is 6.08. The number of carbonyl (C=O) groups is 2. The van der Waals surface area contributed by atoms with Crippen molar-refractivity contribution in [2.75, 3.05) is 26.1 Å². The first-order valence-electron chi connectivity index (χ1n) is 9.07. The van der Waals surface area contributed by atoms with Crippen molar-refractivity contribution in [2.24, 2.45) is 0 Å². The second-order valence-corrected chi connectivity index (χ2v) is 7.13.